The topological polar surface area (TPSA) is 19.0 Å². The van der Waals surface area contributed by atoms with Gasteiger partial charge in [0.15, 0.2) is 0 Å². The predicted molar refractivity (Wildman–Crippen MR) is 182 cm³/mol. The number of aromatic nitrogens is 1. The second-order valence-corrected chi connectivity index (χ2v) is 14.4. The van der Waals surface area contributed by atoms with Crippen molar-refractivity contribution in [2.45, 2.75) is 38.8 Å². The van der Waals surface area contributed by atoms with Gasteiger partial charge in [0.2, 0.25) is 0 Å². The Morgan fingerprint density at radius 2 is 1.26 bits per heavy atom. The first kappa shape index (κ1) is 24.1. The summed E-state index contributed by atoms with van der Waals surface area (Å²) in [6, 6.07) is 42.9. The zero-order chi connectivity index (χ0) is 28.4. The molecule has 4 heteroatoms. The van der Waals surface area contributed by atoms with E-state index in [9.17, 15) is 0 Å². The maximum absolute atomic E-state index is 3.89. The van der Waals surface area contributed by atoms with Gasteiger partial charge in [0.1, 0.15) is 0 Å². The maximum Gasteiger partial charge on any atom is 0.0763 e. The molecule has 0 atom stereocenters. The van der Waals surface area contributed by atoms with Crippen molar-refractivity contribution in [3.63, 3.8) is 0 Å². The maximum atomic E-state index is 3.89. The van der Waals surface area contributed by atoms with E-state index in [-0.39, 0.29) is 5.41 Å². The molecule has 0 saturated carbocycles. The van der Waals surface area contributed by atoms with Crippen molar-refractivity contribution in [1.29, 1.82) is 0 Å². The molecule has 1 aliphatic carbocycles. The first-order chi connectivity index (χ1) is 21.1. The van der Waals surface area contributed by atoms with E-state index in [1.165, 1.54) is 91.8 Å². The summed E-state index contributed by atoms with van der Waals surface area (Å²) in [5, 5.41) is 2.57. The van der Waals surface area contributed by atoms with Gasteiger partial charge in [-0.1, -0.05) is 110 Å². The molecule has 7 aromatic rings. The summed E-state index contributed by atoms with van der Waals surface area (Å²) in [6.07, 6.45) is 0. The fraction of sp³-hybridized carbons (Fsp3) is 0.0769. The van der Waals surface area contributed by atoms with Gasteiger partial charge in [0.25, 0.3) is 0 Å². The summed E-state index contributed by atoms with van der Waals surface area (Å²) >= 11 is 3.78. The Morgan fingerprint density at radius 3 is 2.09 bits per heavy atom. The third kappa shape index (κ3) is 3.17. The third-order valence-corrected chi connectivity index (χ3v) is 11.8. The number of fused-ring (bicyclic) bond motifs is 11. The van der Waals surface area contributed by atoms with Crippen LogP contribution in [0, 0.1) is 0 Å². The molecule has 0 amide bonds. The average Bonchev–Trinajstić information content (AvgIpc) is 3.52. The Bertz CT molecular complexity index is 2330. The molecule has 0 fully saturated rings. The molecule has 0 spiro atoms. The zero-order valence-electron chi connectivity index (χ0n) is 23.7. The first-order valence-corrected chi connectivity index (χ1v) is 16.4. The summed E-state index contributed by atoms with van der Waals surface area (Å²) in [5.74, 6) is 0. The molecule has 2 nitrogen and oxygen atoms in total. The fourth-order valence-corrected chi connectivity index (χ4v) is 9.86. The van der Waals surface area contributed by atoms with Crippen LogP contribution in [0.1, 0.15) is 25.0 Å². The molecule has 3 aliphatic rings. The molecule has 2 aliphatic heterocycles. The van der Waals surface area contributed by atoms with Crippen molar-refractivity contribution in [2.24, 2.45) is 0 Å². The van der Waals surface area contributed by atoms with E-state index in [2.05, 4.69) is 139 Å². The molecule has 0 radical (unpaired) electrons. The fourth-order valence-electron chi connectivity index (χ4n) is 7.49. The minimum absolute atomic E-state index is 0.0104. The highest BCUT2D eigenvalue weighted by atomic mass is 32.2. The quantitative estimate of drug-likeness (QED) is 0.206. The van der Waals surface area contributed by atoms with Gasteiger partial charge < -0.3 is 9.88 Å². The summed E-state index contributed by atoms with van der Waals surface area (Å²) in [6.45, 7) is 4.70. The second-order valence-electron chi connectivity index (χ2n) is 12.3. The number of aromatic amines is 1. The highest BCUT2D eigenvalue weighted by molar-refractivity contribution is 8.01. The van der Waals surface area contributed by atoms with Gasteiger partial charge >= 0.3 is 0 Å². The van der Waals surface area contributed by atoms with E-state index in [0.717, 1.165) is 0 Å². The highest BCUT2D eigenvalue weighted by Crippen LogP contribution is 2.62. The van der Waals surface area contributed by atoms with E-state index in [1.54, 1.807) is 0 Å². The zero-order valence-corrected chi connectivity index (χ0v) is 25.4. The Balaban J connectivity index is 1.16. The SMILES string of the molecule is CC1(C)c2ccccc2-c2ccc(-c3ccc4c(c3)[nH]c3c5c6c(cc34)Sc3ccccc3N6c3ccccc3S5)cc21. The van der Waals surface area contributed by atoms with Gasteiger partial charge in [0, 0.05) is 36.4 Å². The number of nitrogens with zero attached hydrogens (tertiary/aromatic N) is 1. The summed E-state index contributed by atoms with van der Waals surface area (Å²) in [5.41, 5.74) is 14.3. The minimum atomic E-state index is -0.0104. The van der Waals surface area contributed by atoms with Gasteiger partial charge in [0.05, 0.1) is 27.5 Å². The van der Waals surface area contributed by atoms with E-state index >= 15 is 0 Å². The van der Waals surface area contributed by atoms with Crippen LogP contribution in [0.2, 0.25) is 0 Å². The molecule has 1 N–H and O–H groups in total. The number of hydrogen-bond donors (Lipinski definition) is 1. The average molecular weight is 587 g/mol. The number of rotatable bonds is 1. The second kappa shape index (κ2) is 8.37. The smallest absolute Gasteiger partial charge is 0.0763 e. The monoisotopic (exact) mass is 586 g/mol. The first-order valence-electron chi connectivity index (χ1n) is 14.8. The lowest BCUT2D eigenvalue weighted by molar-refractivity contribution is 0.660. The Morgan fingerprint density at radius 1 is 0.581 bits per heavy atom. The van der Waals surface area contributed by atoms with Crippen LogP contribution in [0.4, 0.5) is 17.1 Å². The molecule has 0 unspecified atom stereocenters. The lowest BCUT2D eigenvalue weighted by atomic mass is 9.81. The Kier molecular flexibility index (Phi) is 4.69. The molecule has 6 aromatic carbocycles. The van der Waals surface area contributed by atoms with Gasteiger partial charge in [-0.25, -0.2) is 0 Å². The summed E-state index contributed by atoms with van der Waals surface area (Å²) in [7, 11) is 0. The van der Waals surface area contributed by atoms with Crippen LogP contribution in [0.15, 0.2) is 135 Å². The van der Waals surface area contributed by atoms with Crippen molar-refractivity contribution >= 4 is 62.4 Å². The highest BCUT2D eigenvalue weighted by Gasteiger charge is 2.36. The number of H-pyrrole nitrogens is 1. The van der Waals surface area contributed by atoms with Crippen molar-refractivity contribution in [3.8, 4) is 22.3 Å². The van der Waals surface area contributed by atoms with Crippen LogP contribution in [-0.2, 0) is 5.41 Å². The molecule has 0 saturated heterocycles. The molecule has 3 heterocycles. The summed E-state index contributed by atoms with van der Waals surface area (Å²) in [4.78, 5) is 11.6. The van der Waals surface area contributed by atoms with E-state index in [4.69, 9.17) is 0 Å². The van der Waals surface area contributed by atoms with Gasteiger partial charge in [-0.15, -0.1) is 0 Å². The van der Waals surface area contributed by atoms with Crippen LogP contribution in [0.5, 0.6) is 0 Å². The number of para-hydroxylation sites is 2. The van der Waals surface area contributed by atoms with Gasteiger partial charge in [-0.05, 0) is 75.8 Å². The van der Waals surface area contributed by atoms with Gasteiger partial charge in [-0.2, -0.15) is 0 Å². The molecule has 204 valence electrons. The van der Waals surface area contributed by atoms with Crippen molar-refractivity contribution in [3.05, 3.63) is 126 Å². The molecular weight excluding hydrogens is 561 g/mol. The third-order valence-electron chi connectivity index (χ3n) is 9.57. The van der Waals surface area contributed by atoms with E-state index in [0.29, 0.717) is 0 Å². The van der Waals surface area contributed by atoms with E-state index in [1.807, 2.05) is 23.5 Å². The standard InChI is InChI=1S/C39H26N2S2/c1-39(2)28-10-4-3-9-24(28)25-17-15-22(19-29(25)39)23-16-18-26-27-21-35-37-38(36(27)40-30(26)20-23)43-34-14-8-6-12-32(34)41(37)31-11-5-7-13-33(31)42-35/h3-21,40H,1-2H3. The van der Waals surface area contributed by atoms with Gasteiger partial charge in [-0.3, -0.25) is 0 Å². The predicted octanol–water partition coefficient (Wildman–Crippen LogP) is 11.7. The Hall–Kier alpha value is -4.38. The Labute approximate surface area is 258 Å². The van der Waals surface area contributed by atoms with Crippen LogP contribution in [0.3, 0.4) is 0 Å². The minimum Gasteiger partial charge on any atom is -0.354 e. The van der Waals surface area contributed by atoms with Crippen LogP contribution >= 0.6 is 23.5 Å². The number of nitrogens with one attached hydrogen (secondary N) is 1. The van der Waals surface area contributed by atoms with Crippen molar-refractivity contribution in [2.75, 3.05) is 4.90 Å². The molecule has 0 bridgehead atoms. The molecular formula is C39H26N2S2. The van der Waals surface area contributed by atoms with Crippen molar-refractivity contribution in [1.82, 2.24) is 4.98 Å². The number of anilines is 3. The number of hydrogen-bond acceptors (Lipinski definition) is 3. The lowest BCUT2D eigenvalue weighted by Crippen LogP contribution is -2.19. The normalized spacial score (nSPS) is 15.2. The molecule has 43 heavy (non-hydrogen) atoms. The van der Waals surface area contributed by atoms with Crippen molar-refractivity contribution < 1.29 is 0 Å². The molecule has 10 rings (SSSR count). The largest absolute Gasteiger partial charge is 0.354 e. The summed E-state index contributed by atoms with van der Waals surface area (Å²) < 4.78 is 0. The van der Waals surface area contributed by atoms with E-state index < -0.39 is 0 Å². The van der Waals surface area contributed by atoms with Crippen LogP contribution in [-0.4, -0.2) is 4.98 Å². The molecule has 1 aromatic heterocycles. The van der Waals surface area contributed by atoms with Crippen LogP contribution < -0.4 is 4.90 Å². The van der Waals surface area contributed by atoms with Crippen LogP contribution in [0.25, 0.3) is 44.1 Å². The lowest BCUT2D eigenvalue weighted by Gasteiger charge is -2.38. The number of benzene rings is 6.